The Morgan fingerprint density at radius 2 is 1.57 bits per heavy atom. The molecule has 0 unspecified atom stereocenters. The highest BCUT2D eigenvalue weighted by Gasteiger charge is 2.19. The lowest BCUT2D eigenvalue weighted by Gasteiger charge is -2.36. The highest BCUT2D eigenvalue weighted by molar-refractivity contribution is 5.98. The number of aromatic amines is 1. The van der Waals surface area contributed by atoms with Gasteiger partial charge in [0.25, 0.3) is 5.91 Å². The molecule has 1 aliphatic heterocycles. The third-order valence-corrected chi connectivity index (χ3v) is 7.02. The second kappa shape index (κ2) is 9.19. The summed E-state index contributed by atoms with van der Waals surface area (Å²) in [5.74, 6) is 0.00481. The molecule has 2 aromatic heterocycles. The van der Waals surface area contributed by atoms with Crippen LogP contribution in [0.15, 0.2) is 54.9 Å². The van der Waals surface area contributed by atoms with Gasteiger partial charge in [-0.3, -0.25) is 4.79 Å². The van der Waals surface area contributed by atoms with Gasteiger partial charge in [-0.15, -0.1) is 0 Å². The molecule has 0 aliphatic carbocycles. The first-order valence-electron chi connectivity index (χ1n) is 12.2. The van der Waals surface area contributed by atoms with Gasteiger partial charge in [0.15, 0.2) is 0 Å². The van der Waals surface area contributed by atoms with Crippen molar-refractivity contribution < 1.29 is 4.79 Å². The number of likely N-dealkylation sites (N-methyl/N-ethyl adjacent to an activating group) is 1. The van der Waals surface area contributed by atoms with Gasteiger partial charge >= 0.3 is 0 Å². The van der Waals surface area contributed by atoms with Crippen LogP contribution in [0.1, 0.15) is 21.5 Å². The van der Waals surface area contributed by atoms with Crippen LogP contribution < -0.4 is 4.90 Å². The van der Waals surface area contributed by atoms with Gasteiger partial charge in [0.1, 0.15) is 5.65 Å². The first-order valence-corrected chi connectivity index (χ1v) is 12.2. The van der Waals surface area contributed by atoms with Gasteiger partial charge in [0.2, 0.25) is 0 Å². The number of piperazine rings is 1. The van der Waals surface area contributed by atoms with E-state index in [1.54, 1.807) is 19.0 Å². The lowest BCUT2D eigenvalue weighted by molar-refractivity contribution is 0.0827. The third kappa shape index (κ3) is 4.42. The molecule has 1 aliphatic rings. The number of aromatic nitrogens is 2. The van der Waals surface area contributed by atoms with Gasteiger partial charge in [-0.25, -0.2) is 4.98 Å². The van der Waals surface area contributed by atoms with E-state index in [1.807, 2.05) is 36.7 Å². The fourth-order valence-electron chi connectivity index (χ4n) is 5.10. The normalized spacial score (nSPS) is 14.5. The summed E-state index contributed by atoms with van der Waals surface area (Å²) in [6.07, 6.45) is 3.95. The molecule has 35 heavy (non-hydrogen) atoms. The number of H-pyrrole nitrogens is 1. The maximum atomic E-state index is 12.3. The van der Waals surface area contributed by atoms with Crippen LogP contribution in [0.4, 0.5) is 5.69 Å². The summed E-state index contributed by atoms with van der Waals surface area (Å²) < 4.78 is 0. The Kier molecular flexibility index (Phi) is 6.07. The van der Waals surface area contributed by atoms with Crippen LogP contribution in [0.3, 0.4) is 0 Å². The van der Waals surface area contributed by atoms with E-state index in [4.69, 9.17) is 4.98 Å². The largest absolute Gasteiger partial charge is 0.369 e. The molecule has 1 N–H and O–H groups in total. The zero-order chi connectivity index (χ0) is 24.7. The molecule has 1 saturated heterocycles. The number of fused-ring (bicyclic) bond motifs is 1. The lowest BCUT2D eigenvalue weighted by Crippen LogP contribution is -2.45. The molecular weight excluding hydrogens is 434 g/mol. The minimum absolute atomic E-state index is 0.00481. The van der Waals surface area contributed by atoms with E-state index < -0.39 is 0 Å². The van der Waals surface area contributed by atoms with Gasteiger partial charge in [0, 0.05) is 80.4 Å². The highest BCUT2D eigenvalue weighted by atomic mass is 16.2. The number of hydrogen-bond donors (Lipinski definition) is 1. The van der Waals surface area contributed by atoms with Crippen molar-refractivity contribution in [3.8, 4) is 22.3 Å². The van der Waals surface area contributed by atoms with E-state index in [9.17, 15) is 4.79 Å². The van der Waals surface area contributed by atoms with E-state index >= 15 is 0 Å². The van der Waals surface area contributed by atoms with Gasteiger partial charge in [-0.05, 0) is 73.5 Å². The molecular formula is C29H33N5O. The van der Waals surface area contributed by atoms with Crippen LogP contribution in [-0.4, -0.2) is 73.0 Å². The zero-order valence-electron chi connectivity index (χ0n) is 21.2. The number of aryl methyl sites for hydroxylation is 2. The Morgan fingerprint density at radius 3 is 2.20 bits per heavy atom. The monoisotopic (exact) mass is 467 g/mol. The van der Waals surface area contributed by atoms with Crippen molar-refractivity contribution in [3.63, 3.8) is 0 Å². The quantitative estimate of drug-likeness (QED) is 0.461. The molecule has 0 bridgehead atoms. The maximum absolute atomic E-state index is 12.3. The van der Waals surface area contributed by atoms with Crippen molar-refractivity contribution in [2.75, 3.05) is 52.2 Å². The Bertz CT molecular complexity index is 1360. The summed E-state index contributed by atoms with van der Waals surface area (Å²) in [6, 6.07) is 14.6. The summed E-state index contributed by atoms with van der Waals surface area (Å²) in [7, 11) is 5.73. The zero-order valence-corrected chi connectivity index (χ0v) is 21.2. The van der Waals surface area contributed by atoms with Gasteiger partial charge in [-0.1, -0.05) is 12.1 Å². The van der Waals surface area contributed by atoms with Gasteiger partial charge < -0.3 is 19.7 Å². The second-order valence-electron chi connectivity index (χ2n) is 9.85. The smallest absolute Gasteiger partial charge is 0.253 e. The number of nitrogens with one attached hydrogen (secondary N) is 1. The van der Waals surface area contributed by atoms with E-state index in [1.165, 1.54) is 22.4 Å². The molecule has 3 heterocycles. The second-order valence-corrected chi connectivity index (χ2v) is 9.85. The molecule has 180 valence electrons. The number of benzene rings is 2. The van der Waals surface area contributed by atoms with Crippen LogP contribution in [0.5, 0.6) is 0 Å². The minimum atomic E-state index is 0.00481. The molecule has 4 aromatic rings. The Balaban J connectivity index is 1.49. The molecule has 0 radical (unpaired) electrons. The van der Waals surface area contributed by atoms with Crippen molar-refractivity contribution in [1.82, 2.24) is 19.8 Å². The highest BCUT2D eigenvalue weighted by Crippen LogP contribution is 2.34. The predicted molar refractivity (Wildman–Crippen MR) is 144 cm³/mol. The van der Waals surface area contributed by atoms with E-state index in [2.05, 4.69) is 53.9 Å². The Hall–Kier alpha value is -3.64. The van der Waals surface area contributed by atoms with Gasteiger partial charge in [0.05, 0.1) is 0 Å². The SMILES string of the molecule is Cc1cc(-c2cnc3[nH]cc(-c4ccc(C(=O)N(C)C)cc4)c3c2)cc(C)c1N1CCN(C)CC1. The Morgan fingerprint density at radius 1 is 0.914 bits per heavy atom. The van der Waals surface area contributed by atoms with Crippen LogP contribution >= 0.6 is 0 Å². The average Bonchev–Trinajstić information content (AvgIpc) is 3.27. The van der Waals surface area contributed by atoms with E-state index in [-0.39, 0.29) is 5.91 Å². The summed E-state index contributed by atoms with van der Waals surface area (Å²) in [4.78, 5) is 26.8. The maximum Gasteiger partial charge on any atom is 0.253 e. The Labute approximate surface area is 207 Å². The van der Waals surface area contributed by atoms with Crippen molar-refractivity contribution >= 4 is 22.6 Å². The van der Waals surface area contributed by atoms with E-state index in [0.29, 0.717) is 5.56 Å². The molecule has 2 aromatic carbocycles. The number of anilines is 1. The van der Waals surface area contributed by atoms with Crippen molar-refractivity contribution in [2.24, 2.45) is 0 Å². The van der Waals surface area contributed by atoms with Crippen molar-refractivity contribution in [2.45, 2.75) is 13.8 Å². The molecule has 1 amide bonds. The number of amides is 1. The standard InChI is InChI=1S/C29H33N5O/c1-19-14-23(15-20(2)27(19)34-12-10-33(5)11-13-34)24-16-25-26(18-31-28(25)30-17-24)21-6-8-22(9-7-21)29(35)32(3)4/h6-9,14-18H,10-13H2,1-5H3,(H,30,31). The third-order valence-electron chi connectivity index (χ3n) is 7.02. The number of rotatable bonds is 4. The van der Waals surface area contributed by atoms with Crippen molar-refractivity contribution in [3.05, 3.63) is 71.5 Å². The lowest BCUT2D eigenvalue weighted by atomic mass is 9.97. The summed E-state index contributed by atoms with van der Waals surface area (Å²) in [5.41, 5.74) is 9.96. The molecule has 5 rings (SSSR count). The average molecular weight is 468 g/mol. The van der Waals surface area contributed by atoms with Crippen molar-refractivity contribution in [1.29, 1.82) is 0 Å². The summed E-state index contributed by atoms with van der Waals surface area (Å²) in [6.45, 7) is 8.76. The molecule has 0 saturated carbocycles. The molecule has 0 spiro atoms. The van der Waals surface area contributed by atoms with Crippen LogP contribution in [-0.2, 0) is 0 Å². The number of nitrogens with zero attached hydrogens (tertiary/aromatic N) is 4. The van der Waals surface area contributed by atoms with Crippen LogP contribution in [0, 0.1) is 13.8 Å². The van der Waals surface area contributed by atoms with E-state index in [0.717, 1.165) is 53.9 Å². The summed E-state index contributed by atoms with van der Waals surface area (Å²) in [5, 5.41) is 1.08. The van der Waals surface area contributed by atoms with Crippen LogP contribution in [0.25, 0.3) is 33.3 Å². The predicted octanol–water partition coefficient (Wildman–Crippen LogP) is 4.97. The molecule has 6 heteroatoms. The molecule has 0 atom stereocenters. The fourth-order valence-corrected chi connectivity index (χ4v) is 5.10. The first-order chi connectivity index (χ1) is 16.8. The minimum Gasteiger partial charge on any atom is -0.369 e. The number of carbonyl (C=O) groups excluding carboxylic acids is 1. The topological polar surface area (TPSA) is 55.5 Å². The number of pyridine rings is 1. The van der Waals surface area contributed by atoms with Crippen LogP contribution in [0.2, 0.25) is 0 Å². The van der Waals surface area contributed by atoms with Gasteiger partial charge in [-0.2, -0.15) is 0 Å². The molecule has 1 fully saturated rings. The number of hydrogen-bond acceptors (Lipinski definition) is 4. The number of carbonyl (C=O) groups is 1. The first kappa shape index (κ1) is 23.1. The summed E-state index contributed by atoms with van der Waals surface area (Å²) >= 11 is 0. The molecule has 6 nitrogen and oxygen atoms in total. The fraction of sp³-hybridized carbons (Fsp3) is 0.310.